The molecule has 0 fully saturated rings. The Bertz CT molecular complexity index is 600. The van der Waals surface area contributed by atoms with E-state index in [9.17, 15) is 21.2 Å². The number of sulfonamides is 1. The number of benzene rings is 1. The fourth-order valence-corrected chi connectivity index (χ4v) is 2.78. The lowest BCUT2D eigenvalue weighted by Gasteiger charge is -2.05. The number of halogens is 2. The molecule has 0 unspecified atom stereocenters. The third-order valence-corrected chi connectivity index (χ3v) is 4.36. The molecule has 0 aromatic heterocycles. The summed E-state index contributed by atoms with van der Waals surface area (Å²) in [7, 11) is -2.77. The van der Waals surface area contributed by atoms with Crippen LogP contribution in [0.4, 0.5) is 4.39 Å². The van der Waals surface area contributed by atoms with Gasteiger partial charge < -0.3 is 0 Å². The van der Waals surface area contributed by atoms with Crippen LogP contribution in [0.25, 0.3) is 0 Å². The van der Waals surface area contributed by atoms with Gasteiger partial charge in [0.2, 0.25) is 19.1 Å². The van der Waals surface area contributed by atoms with Crippen LogP contribution in [0.2, 0.25) is 0 Å². The van der Waals surface area contributed by atoms with Crippen LogP contribution in [0.15, 0.2) is 29.2 Å². The van der Waals surface area contributed by atoms with E-state index < -0.39 is 30.6 Å². The third kappa shape index (κ3) is 4.99. The molecule has 0 heterocycles. The minimum atomic E-state index is -3.92. The summed E-state index contributed by atoms with van der Waals surface area (Å²) in [5.41, 5.74) is 0. The molecule has 0 aliphatic carbocycles. The van der Waals surface area contributed by atoms with E-state index in [1.165, 1.54) is 12.1 Å². The molecule has 0 radical (unpaired) electrons. The molecule has 0 atom stereocenters. The molecule has 0 spiro atoms. The minimum absolute atomic E-state index is 0.274. The van der Waals surface area contributed by atoms with E-state index in [-0.39, 0.29) is 11.4 Å². The Kier molecular flexibility index (Phi) is 4.48. The van der Waals surface area contributed by atoms with Gasteiger partial charge in [0.05, 0.1) is 10.6 Å². The average molecular weight is 302 g/mol. The fraction of sp³-hybridized carbons (Fsp3) is 0.250. The zero-order valence-corrected chi connectivity index (χ0v) is 10.8. The SMILES string of the molecule is O=S(=O)(Cl)CCNS(=O)(=O)c1cccc(F)c1. The minimum Gasteiger partial charge on any atom is -0.212 e. The van der Waals surface area contributed by atoms with Gasteiger partial charge in [-0.15, -0.1) is 0 Å². The maximum Gasteiger partial charge on any atom is 0.240 e. The first-order valence-corrected chi connectivity index (χ1v) is 8.34. The van der Waals surface area contributed by atoms with E-state index in [0.717, 1.165) is 12.1 Å². The van der Waals surface area contributed by atoms with Gasteiger partial charge in [-0.05, 0) is 18.2 Å². The topological polar surface area (TPSA) is 80.3 Å². The molecule has 1 aromatic rings. The second-order valence-corrected chi connectivity index (χ2v) is 7.76. The molecule has 1 N–H and O–H groups in total. The average Bonchev–Trinajstić information content (AvgIpc) is 2.15. The van der Waals surface area contributed by atoms with Crippen molar-refractivity contribution in [2.75, 3.05) is 12.3 Å². The smallest absolute Gasteiger partial charge is 0.212 e. The summed E-state index contributed by atoms with van der Waals surface area (Å²) in [5, 5.41) is 0. The lowest BCUT2D eigenvalue weighted by Crippen LogP contribution is -2.28. The van der Waals surface area contributed by atoms with Crippen molar-refractivity contribution in [3.05, 3.63) is 30.1 Å². The van der Waals surface area contributed by atoms with Gasteiger partial charge in [0, 0.05) is 17.2 Å². The highest BCUT2D eigenvalue weighted by atomic mass is 35.7. The quantitative estimate of drug-likeness (QED) is 0.811. The van der Waals surface area contributed by atoms with Crippen molar-refractivity contribution in [1.82, 2.24) is 4.72 Å². The zero-order valence-electron chi connectivity index (χ0n) is 8.43. The van der Waals surface area contributed by atoms with E-state index in [1.807, 2.05) is 4.72 Å². The van der Waals surface area contributed by atoms with Crippen LogP contribution in [0, 0.1) is 5.82 Å². The van der Waals surface area contributed by atoms with Crippen molar-refractivity contribution in [2.24, 2.45) is 0 Å². The largest absolute Gasteiger partial charge is 0.240 e. The van der Waals surface area contributed by atoms with Crippen LogP contribution in [-0.4, -0.2) is 29.1 Å². The number of rotatable bonds is 5. The zero-order chi connectivity index (χ0) is 13.1. The van der Waals surface area contributed by atoms with Gasteiger partial charge in [-0.3, -0.25) is 0 Å². The second-order valence-electron chi connectivity index (χ2n) is 3.10. The van der Waals surface area contributed by atoms with E-state index >= 15 is 0 Å². The summed E-state index contributed by atoms with van der Waals surface area (Å²) in [6.07, 6.45) is 0. The maximum atomic E-state index is 12.8. The van der Waals surface area contributed by atoms with Crippen LogP contribution >= 0.6 is 10.7 Å². The van der Waals surface area contributed by atoms with E-state index in [0.29, 0.717) is 0 Å². The van der Waals surface area contributed by atoms with Gasteiger partial charge in [-0.1, -0.05) is 6.07 Å². The van der Waals surface area contributed by atoms with E-state index in [1.54, 1.807) is 0 Å². The second kappa shape index (κ2) is 5.30. The predicted molar refractivity (Wildman–Crippen MR) is 61.2 cm³/mol. The molecule has 0 aliphatic rings. The van der Waals surface area contributed by atoms with Crippen LogP contribution in [0.3, 0.4) is 0 Å². The van der Waals surface area contributed by atoms with Crippen LogP contribution in [-0.2, 0) is 19.1 Å². The van der Waals surface area contributed by atoms with Crippen molar-refractivity contribution < 1.29 is 21.2 Å². The lowest BCUT2D eigenvalue weighted by atomic mass is 10.4. The number of hydrogen-bond donors (Lipinski definition) is 1. The van der Waals surface area contributed by atoms with Gasteiger partial charge in [-0.25, -0.2) is 25.9 Å². The van der Waals surface area contributed by atoms with Crippen LogP contribution in [0.1, 0.15) is 0 Å². The Balaban J connectivity index is 2.77. The Labute approximate surface area is 103 Å². The third-order valence-electron chi connectivity index (χ3n) is 1.74. The van der Waals surface area contributed by atoms with E-state index in [4.69, 9.17) is 10.7 Å². The molecule has 9 heteroatoms. The summed E-state index contributed by atoms with van der Waals surface area (Å²) in [5.74, 6) is -1.24. The van der Waals surface area contributed by atoms with Gasteiger partial charge >= 0.3 is 0 Å². The Morgan fingerprint density at radius 3 is 2.41 bits per heavy atom. The molecular formula is C8H9ClFNO4S2. The Morgan fingerprint density at radius 1 is 1.24 bits per heavy atom. The molecule has 17 heavy (non-hydrogen) atoms. The lowest BCUT2D eigenvalue weighted by molar-refractivity contribution is 0.578. The molecule has 0 saturated carbocycles. The summed E-state index contributed by atoms with van der Waals surface area (Å²) in [6, 6.07) is 4.36. The first kappa shape index (κ1) is 14.4. The normalized spacial score (nSPS) is 12.6. The maximum absolute atomic E-state index is 12.8. The summed E-state index contributed by atoms with van der Waals surface area (Å²) >= 11 is 0. The highest BCUT2D eigenvalue weighted by Gasteiger charge is 2.15. The molecule has 0 saturated heterocycles. The van der Waals surface area contributed by atoms with Crippen molar-refractivity contribution in [3.63, 3.8) is 0 Å². The Hall–Kier alpha value is -0.700. The standard InChI is InChI=1S/C8H9ClFNO4S2/c9-16(12,13)5-4-11-17(14,15)8-3-1-2-7(10)6-8/h1-3,6,11H,4-5H2. The summed E-state index contributed by atoms with van der Waals surface area (Å²) in [4.78, 5) is -0.274. The van der Waals surface area contributed by atoms with Crippen molar-refractivity contribution in [1.29, 1.82) is 0 Å². The van der Waals surface area contributed by atoms with Crippen molar-refractivity contribution >= 4 is 29.8 Å². The monoisotopic (exact) mass is 301 g/mol. The Morgan fingerprint density at radius 2 is 1.88 bits per heavy atom. The fourth-order valence-electron chi connectivity index (χ4n) is 1.02. The van der Waals surface area contributed by atoms with Crippen LogP contribution in [0.5, 0.6) is 0 Å². The predicted octanol–water partition coefficient (Wildman–Crippen LogP) is 0.673. The van der Waals surface area contributed by atoms with E-state index in [2.05, 4.69) is 0 Å². The molecule has 1 rings (SSSR count). The number of hydrogen-bond acceptors (Lipinski definition) is 4. The molecule has 96 valence electrons. The first-order chi connectivity index (χ1) is 7.71. The van der Waals surface area contributed by atoms with Crippen LogP contribution < -0.4 is 4.72 Å². The molecule has 0 bridgehead atoms. The van der Waals surface area contributed by atoms with Gasteiger partial charge in [0.25, 0.3) is 0 Å². The van der Waals surface area contributed by atoms with Gasteiger partial charge in [0.1, 0.15) is 5.82 Å². The molecular weight excluding hydrogens is 293 g/mol. The number of nitrogens with one attached hydrogen (secondary N) is 1. The molecule has 0 aliphatic heterocycles. The molecule has 0 amide bonds. The molecule has 1 aromatic carbocycles. The molecule has 5 nitrogen and oxygen atoms in total. The first-order valence-electron chi connectivity index (χ1n) is 4.38. The summed E-state index contributed by atoms with van der Waals surface area (Å²) in [6.45, 7) is -0.370. The van der Waals surface area contributed by atoms with Crippen molar-refractivity contribution in [3.8, 4) is 0 Å². The highest BCUT2D eigenvalue weighted by molar-refractivity contribution is 8.13. The van der Waals surface area contributed by atoms with Gasteiger partial charge in [-0.2, -0.15) is 0 Å². The highest BCUT2D eigenvalue weighted by Crippen LogP contribution is 2.10. The van der Waals surface area contributed by atoms with Gasteiger partial charge in [0.15, 0.2) is 0 Å². The summed E-state index contributed by atoms with van der Waals surface area (Å²) < 4.78 is 59.1. The van der Waals surface area contributed by atoms with Crippen molar-refractivity contribution in [2.45, 2.75) is 4.90 Å².